The highest BCUT2D eigenvalue weighted by Crippen LogP contribution is 1.94. The van der Waals surface area contributed by atoms with Crippen molar-refractivity contribution < 1.29 is 9.59 Å². The van der Waals surface area contributed by atoms with E-state index in [1.807, 2.05) is 0 Å². The van der Waals surface area contributed by atoms with Gasteiger partial charge in [0.2, 0.25) is 11.8 Å². The predicted octanol–water partition coefficient (Wildman–Crippen LogP) is 1.38. The summed E-state index contributed by atoms with van der Waals surface area (Å²) in [6.45, 7) is 4.53. The van der Waals surface area contributed by atoms with Gasteiger partial charge in [0.1, 0.15) is 0 Å². The lowest BCUT2D eigenvalue weighted by atomic mass is 10.2. The van der Waals surface area contributed by atoms with Gasteiger partial charge in [-0.2, -0.15) is 0 Å². The van der Waals surface area contributed by atoms with Crippen LogP contribution in [0.3, 0.4) is 0 Å². The smallest absolute Gasteiger partial charge is 0.216 e. The summed E-state index contributed by atoms with van der Waals surface area (Å²) in [5, 5.41) is 5.50. The minimum atomic E-state index is 0.0271. The van der Waals surface area contributed by atoms with Crippen molar-refractivity contribution in [3.63, 3.8) is 0 Å². The van der Waals surface area contributed by atoms with E-state index < -0.39 is 0 Å². The maximum absolute atomic E-state index is 10.5. The minimum absolute atomic E-state index is 0.0271. The Kier molecular flexibility index (Phi) is 9.36. The highest BCUT2D eigenvalue weighted by atomic mass is 16.1. The molecule has 0 aliphatic rings. The molecule has 16 heavy (non-hydrogen) atoms. The van der Waals surface area contributed by atoms with Gasteiger partial charge >= 0.3 is 0 Å². The fraction of sp³-hybridized carbons (Fsp3) is 0.667. The topological polar surface area (TPSA) is 58.2 Å². The third-order valence-corrected chi connectivity index (χ3v) is 2.01. The van der Waals surface area contributed by atoms with E-state index in [4.69, 9.17) is 0 Å². The van der Waals surface area contributed by atoms with Crippen molar-refractivity contribution in [2.75, 3.05) is 13.1 Å². The first-order chi connectivity index (χ1) is 7.63. The van der Waals surface area contributed by atoms with Crippen LogP contribution in [0.1, 0.15) is 39.5 Å². The molecule has 2 amide bonds. The second kappa shape index (κ2) is 10.2. The number of nitrogens with one attached hydrogen (secondary N) is 2. The summed E-state index contributed by atoms with van der Waals surface area (Å²) in [7, 11) is 0. The van der Waals surface area contributed by atoms with Crippen LogP contribution in [0.5, 0.6) is 0 Å². The Bertz CT molecular complexity index is 213. The number of amides is 2. The van der Waals surface area contributed by atoms with E-state index >= 15 is 0 Å². The van der Waals surface area contributed by atoms with Crippen molar-refractivity contribution >= 4 is 11.8 Å². The van der Waals surface area contributed by atoms with E-state index in [9.17, 15) is 9.59 Å². The second-order valence-corrected chi connectivity index (χ2v) is 3.72. The molecule has 0 rings (SSSR count). The van der Waals surface area contributed by atoms with Crippen molar-refractivity contribution in [2.45, 2.75) is 39.5 Å². The molecule has 0 fully saturated rings. The van der Waals surface area contributed by atoms with Crippen LogP contribution < -0.4 is 10.6 Å². The average molecular weight is 226 g/mol. The van der Waals surface area contributed by atoms with Crippen LogP contribution in [0.4, 0.5) is 0 Å². The highest BCUT2D eigenvalue weighted by molar-refractivity contribution is 5.72. The molecule has 0 aliphatic heterocycles. The molecule has 92 valence electrons. The number of carbonyl (C=O) groups is 2. The van der Waals surface area contributed by atoms with Crippen molar-refractivity contribution in [3.05, 3.63) is 12.2 Å². The van der Waals surface area contributed by atoms with Gasteiger partial charge in [-0.1, -0.05) is 12.2 Å². The summed E-state index contributed by atoms with van der Waals surface area (Å²) >= 11 is 0. The Labute approximate surface area is 97.5 Å². The molecule has 2 N–H and O–H groups in total. The second-order valence-electron chi connectivity index (χ2n) is 3.72. The molecular weight excluding hydrogens is 204 g/mol. The number of rotatable bonds is 8. The summed E-state index contributed by atoms with van der Waals surface area (Å²) in [6, 6.07) is 0. The fourth-order valence-corrected chi connectivity index (χ4v) is 1.20. The minimum Gasteiger partial charge on any atom is -0.356 e. The quantitative estimate of drug-likeness (QED) is 0.485. The van der Waals surface area contributed by atoms with E-state index in [1.54, 1.807) is 0 Å². The van der Waals surface area contributed by atoms with Crippen LogP contribution >= 0.6 is 0 Å². The van der Waals surface area contributed by atoms with Crippen LogP contribution in [-0.2, 0) is 9.59 Å². The first-order valence-electron chi connectivity index (χ1n) is 5.77. The molecule has 0 saturated heterocycles. The predicted molar refractivity (Wildman–Crippen MR) is 65.0 cm³/mol. The first kappa shape index (κ1) is 14.7. The summed E-state index contributed by atoms with van der Waals surface area (Å²) in [4.78, 5) is 21.1. The van der Waals surface area contributed by atoms with Crippen LogP contribution in [0.15, 0.2) is 12.2 Å². The normalized spacial score (nSPS) is 10.4. The number of unbranched alkanes of at least 4 members (excludes halogenated alkanes) is 2. The number of allylic oxidation sites excluding steroid dienone is 2. The molecule has 4 nitrogen and oxygen atoms in total. The van der Waals surface area contributed by atoms with E-state index in [2.05, 4.69) is 22.8 Å². The zero-order valence-electron chi connectivity index (χ0n) is 10.2. The molecule has 0 heterocycles. The third kappa shape index (κ3) is 12.7. The Hall–Kier alpha value is -1.32. The SMILES string of the molecule is CC(=O)NCCC/C=C/CCCNC(C)=O. The van der Waals surface area contributed by atoms with E-state index in [0.717, 1.165) is 38.8 Å². The van der Waals surface area contributed by atoms with Gasteiger partial charge in [-0.25, -0.2) is 0 Å². The van der Waals surface area contributed by atoms with Crippen LogP contribution in [0.25, 0.3) is 0 Å². The molecule has 0 unspecified atom stereocenters. The van der Waals surface area contributed by atoms with Gasteiger partial charge in [0.25, 0.3) is 0 Å². The zero-order chi connectivity index (χ0) is 12.2. The third-order valence-electron chi connectivity index (χ3n) is 2.01. The van der Waals surface area contributed by atoms with Gasteiger partial charge in [-0.05, 0) is 25.7 Å². The molecule has 4 heteroatoms. The van der Waals surface area contributed by atoms with Crippen LogP contribution in [0.2, 0.25) is 0 Å². The number of hydrogen-bond acceptors (Lipinski definition) is 2. The summed E-state index contributed by atoms with van der Waals surface area (Å²) in [5.41, 5.74) is 0. The van der Waals surface area contributed by atoms with E-state index in [-0.39, 0.29) is 11.8 Å². The maximum Gasteiger partial charge on any atom is 0.216 e. The van der Waals surface area contributed by atoms with Gasteiger partial charge in [0, 0.05) is 26.9 Å². The lowest BCUT2D eigenvalue weighted by Crippen LogP contribution is -2.20. The van der Waals surface area contributed by atoms with Gasteiger partial charge in [0.05, 0.1) is 0 Å². The van der Waals surface area contributed by atoms with Crippen molar-refractivity contribution in [3.8, 4) is 0 Å². The molecular formula is C12H22N2O2. The number of carbonyl (C=O) groups excluding carboxylic acids is 2. The van der Waals surface area contributed by atoms with Gasteiger partial charge in [0.15, 0.2) is 0 Å². The molecule has 0 radical (unpaired) electrons. The van der Waals surface area contributed by atoms with Crippen molar-refractivity contribution in [1.29, 1.82) is 0 Å². The van der Waals surface area contributed by atoms with Gasteiger partial charge < -0.3 is 10.6 Å². The lowest BCUT2D eigenvalue weighted by molar-refractivity contribution is -0.119. The molecule has 0 bridgehead atoms. The van der Waals surface area contributed by atoms with Gasteiger partial charge in [-0.15, -0.1) is 0 Å². The van der Waals surface area contributed by atoms with E-state index in [0.29, 0.717) is 0 Å². The van der Waals surface area contributed by atoms with Crippen molar-refractivity contribution in [2.24, 2.45) is 0 Å². The molecule has 0 aromatic heterocycles. The molecule has 0 spiro atoms. The highest BCUT2D eigenvalue weighted by Gasteiger charge is 1.89. The summed E-state index contributed by atoms with van der Waals surface area (Å²) in [5.74, 6) is 0.0542. The zero-order valence-corrected chi connectivity index (χ0v) is 10.2. The lowest BCUT2D eigenvalue weighted by Gasteiger charge is -1.99. The molecule has 0 atom stereocenters. The Morgan fingerprint density at radius 2 is 1.25 bits per heavy atom. The van der Waals surface area contributed by atoms with Crippen molar-refractivity contribution in [1.82, 2.24) is 10.6 Å². The average Bonchev–Trinajstić information content (AvgIpc) is 2.20. The van der Waals surface area contributed by atoms with Gasteiger partial charge in [-0.3, -0.25) is 9.59 Å². The summed E-state index contributed by atoms with van der Waals surface area (Å²) < 4.78 is 0. The number of hydrogen-bond donors (Lipinski definition) is 2. The van der Waals surface area contributed by atoms with Crippen LogP contribution in [0, 0.1) is 0 Å². The standard InChI is InChI=1S/C12H22N2O2/c1-11(15)13-9-7-5-3-4-6-8-10-14-12(2)16/h3-4H,5-10H2,1-2H3,(H,13,15)(H,14,16)/b4-3+. The molecule has 0 saturated carbocycles. The fourth-order valence-electron chi connectivity index (χ4n) is 1.20. The van der Waals surface area contributed by atoms with E-state index in [1.165, 1.54) is 13.8 Å². The maximum atomic E-state index is 10.5. The Morgan fingerprint density at radius 1 is 0.875 bits per heavy atom. The first-order valence-corrected chi connectivity index (χ1v) is 5.77. The summed E-state index contributed by atoms with van der Waals surface area (Å²) in [6.07, 6.45) is 8.16. The molecule has 0 aromatic carbocycles. The Balaban J connectivity index is 3.16. The monoisotopic (exact) mass is 226 g/mol. The largest absolute Gasteiger partial charge is 0.356 e. The Morgan fingerprint density at radius 3 is 1.56 bits per heavy atom. The molecule has 0 aromatic rings. The van der Waals surface area contributed by atoms with Crippen LogP contribution in [-0.4, -0.2) is 24.9 Å². The molecule has 0 aliphatic carbocycles.